The number of benzene rings is 1. The molecule has 1 aromatic rings. The third kappa shape index (κ3) is 1.60. The van der Waals surface area contributed by atoms with E-state index in [-0.39, 0.29) is 11.8 Å². The minimum absolute atomic E-state index is 0.0523. The number of phenolic OH excluding ortho intramolecular Hbond substituents is 1. The van der Waals surface area contributed by atoms with E-state index >= 15 is 0 Å². The maximum absolute atomic E-state index is 9.55. The van der Waals surface area contributed by atoms with Crippen LogP contribution in [-0.2, 0) is 0 Å². The van der Waals surface area contributed by atoms with Crippen LogP contribution in [0.3, 0.4) is 0 Å². The predicted octanol–water partition coefficient (Wildman–Crippen LogP) is 1.38. The van der Waals surface area contributed by atoms with E-state index in [0.29, 0.717) is 11.6 Å². The molecular weight excluding hydrogens is 164 g/mol. The highest BCUT2D eigenvalue weighted by Gasteiger charge is 2.30. The fourth-order valence-corrected chi connectivity index (χ4v) is 1.55. The van der Waals surface area contributed by atoms with Crippen LogP contribution in [0.2, 0.25) is 0 Å². The van der Waals surface area contributed by atoms with Gasteiger partial charge in [-0.25, -0.2) is 0 Å². The van der Waals surface area contributed by atoms with Crippen LogP contribution in [0.1, 0.15) is 24.4 Å². The summed E-state index contributed by atoms with van der Waals surface area (Å²) in [6, 6.07) is 4.99. The number of rotatable bonds is 2. The van der Waals surface area contributed by atoms with Crippen molar-refractivity contribution in [1.29, 1.82) is 0 Å². The smallest absolute Gasteiger partial charge is 0.120 e. The van der Waals surface area contributed by atoms with E-state index in [1.54, 1.807) is 18.2 Å². The molecule has 0 unspecified atom stereocenters. The van der Waals surface area contributed by atoms with Crippen LogP contribution in [-0.4, -0.2) is 5.11 Å². The first-order chi connectivity index (χ1) is 6.18. The molecule has 0 aromatic heterocycles. The molecule has 3 nitrogen and oxygen atoms in total. The van der Waals surface area contributed by atoms with Crippen molar-refractivity contribution < 1.29 is 5.11 Å². The molecule has 0 heterocycles. The zero-order valence-corrected chi connectivity index (χ0v) is 7.40. The average Bonchev–Trinajstić information content (AvgIpc) is 2.91. The quantitative estimate of drug-likeness (QED) is 0.473. The molecule has 1 aliphatic carbocycles. The number of nitrogens with two attached hydrogens (primary N) is 2. The number of aromatic hydroxyl groups is 1. The van der Waals surface area contributed by atoms with Gasteiger partial charge in [0.2, 0.25) is 0 Å². The summed E-state index contributed by atoms with van der Waals surface area (Å²) in [6.07, 6.45) is 2.32. The van der Waals surface area contributed by atoms with Crippen LogP contribution in [0.5, 0.6) is 5.75 Å². The van der Waals surface area contributed by atoms with Crippen LogP contribution in [0.15, 0.2) is 18.2 Å². The number of hydrogen-bond donors (Lipinski definition) is 3. The van der Waals surface area contributed by atoms with Crippen molar-refractivity contribution in [2.75, 3.05) is 5.73 Å². The average molecular weight is 178 g/mol. The second-order valence-electron chi connectivity index (χ2n) is 3.68. The second-order valence-corrected chi connectivity index (χ2v) is 3.68. The second kappa shape index (κ2) is 2.92. The fraction of sp³-hybridized carbons (Fsp3) is 0.400. The van der Waals surface area contributed by atoms with Gasteiger partial charge in [-0.1, -0.05) is 0 Å². The molecule has 0 radical (unpaired) electrons. The van der Waals surface area contributed by atoms with Gasteiger partial charge in [0.05, 0.1) is 0 Å². The lowest BCUT2D eigenvalue weighted by Gasteiger charge is -2.12. The summed E-state index contributed by atoms with van der Waals surface area (Å²) in [7, 11) is 0. The Morgan fingerprint density at radius 3 is 2.69 bits per heavy atom. The Balaban J connectivity index is 2.31. The first-order valence-corrected chi connectivity index (χ1v) is 4.52. The van der Waals surface area contributed by atoms with Gasteiger partial charge < -0.3 is 16.6 Å². The van der Waals surface area contributed by atoms with Crippen molar-refractivity contribution in [2.24, 2.45) is 11.7 Å². The predicted molar refractivity (Wildman–Crippen MR) is 52.2 cm³/mol. The zero-order chi connectivity index (χ0) is 9.42. The molecule has 3 heteroatoms. The van der Waals surface area contributed by atoms with Crippen LogP contribution in [0.25, 0.3) is 0 Å². The summed E-state index contributed by atoms with van der Waals surface area (Å²) >= 11 is 0. The lowest BCUT2D eigenvalue weighted by atomic mass is 10.0. The monoisotopic (exact) mass is 178 g/mol. The lowest BCUT2D eigenvalue weighted by molar-refractivity contribution is 0.456. The van der Waals surface area contributed by atoms with Gasteiger partial charge in [0.25, 0.3) is 0 Å². The van der Waals surface area contributed by atoms with Crippen LogP contribution in [0, 0.1) is 5.92 Å². The Kier molecular flexibility index (Phi) is 1.88. The highest BCUT2D eigenvalue weighted by molar-refractivity contribution is 5.48. The molecule has 1 atom stereocenters. The van der Waals surface area contributed by atoms with Crippen molar-refractivity contribution in [3.05, 3.63) is 23.8 Å². The Morgan fingerprint density at radius 1 is 1.38 bits per heavy atom. The number of hydrogen-bond acceptors (Lipinski definition) is 3. The Morgan fingerprint density at radius 2 is 2.08 bits per heavy atom. The van der Waals surface area contributed by atoms with Gasteiger partial charge >= 0.3 is 0 Å². The van der Waals surface area contributed by atoms with Crippen molar-refractivity contribution in [3.8, 4) is 5.75 Å². The van der Waals surface area contributed by atoms with Crippen molar-refractivity contribution in [1.82, 2.24) is 0 Å². The maximum atomic E-state index is 9.55. The molecule has 0 saturated heterocycles. The normalized spacial score (nSPS) is 18.5. The van der Waals surface area contributed by atoms with Crippen LogP contribution >= 0.6 is 0 Å². The molecule has 1 aliphatic rings. The van der Waals surface area contributed by atoms with Crippen LogP contribution in [0.4, 0.5) is 5.69 Å². The third-order valence-corrected chi connectivity index (χ3v) is 2.54. The third-order valence-electron chi connectivity index (χ3n) is 2.54. The highest BCUT2D eigenvalue weighted by Crippen LogP contribution is 2.42. The van der Waals surface area contributed by atoms with Gasteiger partial charge in [0.15, 0.2) is 0 Å². The van der Waals surface area contributed by atoms with Crippen molar-refractivity contribution >= 4 is 5.69 Å². The SMILES string of the molecule is Nc1ccc(O)c([C@@H](N)C2CC2)c1. The Labute approximate surface area is 77.4 Å². The minimum atomic E-state index is -0.0523. The van der Waals surface area contributed by atoms with Crippen molar-refractivity contribution in [2.45, 2.75) is 18.9 Å². The van der Waals surface area contributed by atoms with E-state index in [9.17, 15) is 5.11 Å². The van der Waals surface area contributed by atoms with Gasteiger partial charge in [-0.15, -0.1) is 0 Å². The summed E-state index contributed by atoms with van der Waals surface area (Å²) < 4.78 is 0. The number of phenols is 1. The molecule has 0 amide bonds. The van der Waals surface area contributed by atoms with Gasteiger partial charge in [0.1, 0.15) is 5.75 Å². The van der Waals surface area contributed by atoms with Gasteiger partial charge in [-0.2, -0.15) is 0 Å². The summed E-state index contributed by atoms with van der Waals surface area (Å²) in [5.41, 5.74) is 13.0. The molecule has 70 valence electrons. The summed E-state index contributed by atoms with van der Waals surface area (Å²) in [6.45, 7) is 0. The van der Waals surface area contributed by atoms with Gasteiger partial charge in [-0.3, -0.25) is 0 Å². The summed E-state index contributed by atoms with van der Waals surface area (Å²) in [5.74, 6) is 0.793. The standard InChI is InChI=1S/C10H14N2O/c11-7-3-4-9(13)8(5-7)10(12)6-1-2-6/h3-6,10,13H,1-2,11-12H2/t10-/m0/s1. The maximum Gasteiger partial charge on any atom is 0.120 e. The highest BCUT2D eigenvalue weighted by atomic mass is 16.3. The lowest BCUT2D eigenvalue weighted by Crippen LogP contribution is -2.12. The minimum Gasteiger partial charge on any atom is -0.508 e. The molecule has 5 N–H and O–H groups in total. The fourth-order valence-electron chi connectivity index (χ4n) is 1.55. The van der Waals surface area contributed by atoms with Gasteiger partial charge in [0, 0.05) is 17.3 Å². The summed E-state index contributed by atoms with van der Waals surface area (Å²) in [4.78, 5) is 0. The Hall–Kier alpha value is -1.22. The van der Waals surface area contributed by atoms with E-state index in [2.05, 4.69) is 0 Å². The van der Waals surface area contributed by atoms with Crippen molar-refractivity contribution in [3.63, 3.8) is 0 Å². The largest absolute Gasteiger partial charge is 0.508 e. The molecule has 1 fully saturated rings. The van der Waals surface area contributed by atoms with E-state index in [0.717, 1.165) is 18.4 Å². The molecule has 1 aromatic carbocycles. The molecular formula is C10H14N2O. The van der Waals surface area contributed by atoms with E-state index in [4.69, 9.17) is 11.5 Å². The number of anilines is 1. The summed E-state index contributed by atoms with van der Waals surface area (Å²) in [5, 5.41) is 9.55. The molecule has 13 heavy (non-hydrogen) atoms. The van der Waals surface area contributed by atoms with E-state index < -0.39 is 0 Å². The first-order valence-electron chi connectivity index (χ1n) is 4.52. The molecule has 0 bridgehead atoms. The molecule has 0 aliphatic heterocycles. The van der Waals surface area contributed by atoms with E-state index in [1.165, 1.54) is 0 Å². The Bertz CT molecular complexity index is 321. The molecule has 1 saturated carbocycles. The first kappa shape index (κ1) is 8.38. The molecule has 0 spiro atoms. The zero-order valence-electron chi connectivity index (χ0n) is 7.40. The van der Waals surface area contributed by atoms with Gasteiger partial charge in [-0.05, 0) is 37.0 Å². The number of nitrogen functional groups attached to an aromatic ring is 1. The topological polar surface area (TPSA) is 72.3 Å². The van der Waals surface area contributed by atoms with E-state index in [1.807, 2.05) is 0 Å². The molecule has 2 rings (SSSR count). The van der Waals surface area contributed by atoms with Crippen LogP contribution < -0.4 is 11.5 Å².